The quantitative estimate of drug-likeness (QED) is 0.398. The minimum absolute atomic E-state index is 0.132. The number of carboxylic acid groups (broad SMARTS) is 1. The Morgan fingerprint density at radius 3 is 2.44 bits per heavy atom. The number of rotatable bonds is 7. The van der Waals surface area contributed by atoms with Crippen molar-refractivity contribution in [3.05, 3.63) is 88.8 Å². The molecular weight excluding hydrogens is 424 g/mol. The SMILES string of the molecule is COc1ccc(-c2nc(-c3ccc(OCc4ccccc4)c(C#N)c3)sc2C(=O)O)cc1. The zero-order valence-electron chi connectivity index (χ0n) is 17.1. The van der Waals surface area contributed by atoms with Gasteiger partial charge in [-0.2, -0.15) is 5.26 Å². The van der Waals surface area contributed by atoms with Gasteiger partial charge >= 0.3 is 5.97 Å². The topological polar surface area (TPSA) is 92.4 Å². The minimum atomic E-state index is -1.05. The summed E-state index contributed by atoms with van der Waals surface area (Å²) in [6.45, 7) is 0.344. The van der Waals surface area contributed by atoms with Crippen LogP contribution in [-0.2, 0) is 6.61 Å². The molecule has 4 rings (SSSR count). The number of aromatic nitrogens is 1. The van der Waals surface area contributed by atoms with Crippen LogP contribution in [0.5, 0.6) is 11.5 Å². The Kier molecular flexibility index (Phi) is 6.15. The monoisotopic (exact) mass is 442 g/mol. The third kappa shape index (κ3) is 4.46. The van der Waals surface area contributed by atoms with Crippen LogP contribution >= 0.6 is 11.3 Å². The molecule has 6 nitrogen and oxygen atoms in total. The molecule has 0 radical (unpaired) electrons. The lowest BCUT2D eigenvalue weighted by Gasteiger charge is -2.09. The van der Waals surface area contributed by atoms with Gasteiger partial charge in [0.1, 0.15) is 34.1 Å². The van der Waals surface area contributed by atoms with Gasteiger partial charge in [0, 0.05) is 11.1 Å². The largest absolute Gasteiger partial charge is 0.497 e. The van der Waals surface area contributed by atoms with Gasteiger partial charge in [-0.25, -0.2) is 9.78 Å². The van der Waals surface area contributed by atoms with E-state index in [9.17, 15) is 15.2 Å². The Hall–Kier alpha value is -4.15. The molecule has 0 saturated heterocycles. The molecule has 0 unspecified atom stereocenters. The molecule has 0 bridgehead atoms. The Morgan fingerprint density at radius 1 is 1.06 bits per heavy atom. The van der Waals surface area contributed by atoms with Crippen molar-refractivity contribution in [2.24, 2.45) is 0 Å². The fraction of sp³-hybridized carbons (Fsp3) is 0.0800. The van der Waals surface area contributed by atoms with Gasteiger partial charge in [-0.3, -0.25) is 0 Å². The maximum absolute atomic E-state index is 11.8. The highest BCUT2D eigenvalue weighted by Crippen LogP contribution is 2.36. The number of methoxy groups -OCH3 is 1. The first-order valence-electron chi connectivity index (χ1n) is 9.69. The van der Waals surface area contributed by atoms with Crippen LogP contribution in [0.2, 0.25) is 0 Å². The number of carboxylic acids is 1. The first kappa shape index (κ1) is 21.1. The van der Waals surface area contributed by atoms with Crippen LogP contribution in [0, 0.1) is 11.3 Å². The number of ether oxygens (including phenoxy) is 2. The number of aromatic carboxylic acids is 1. The molecule has 0 aliphatic carbocycles. The van der Waals surface area contributed by atoms with Crippen LogP contribution in [0.1, 0.15) is 20.8 Å². The zero-order valence-corrected chi connectivity index (χ0v) is 17.9. The maximum Gasteiger partial charge on any atom is 0.348 e. The number of benzene rings is 3. The molecule has 4 aromatic rings. The number of thiazole rings is 1. The molecule has 0 aliphatic rings. The van der Waals surface area contributed by atoms with E-state index in [0.29, 0.717) is 45.5 Å². The first-order valence-corrected chi connectivity index (χ1v) is 10.5. The second kappa shape index (κ2) is 9.33. The maximum atomic E-state index is 11.8. The smallest absolute Gasteiger partial charge is 0.348 e. The number of nitrogens with zero attached hydrogens (tertiary/aromatic N) is 2. The Morgan fingerprint density at radius 2 is 1.78 bits per heavy atom. The Bertz CT molecular complexity index is 1290. The van der Waals surface area contributed by atoms with Crippen LogP contribution in [-0.4, -0.2) is 23.2 Å². The summed E-state index contributed by atoms with van der Waals surface area (Å²) in [5, 5.41) is 19.8. The molecule has 0 atom stereocenters. The van der Waals surface area contributed by atoms with E-state index in [1.807, 2.05) is 30.3 Å². The van der Waals surface area contributed by atoms with Gasteiger partial charge in [-0.05, 0) is 48.0 Å². The summed E-state index contributed by atoms with van der Waals surface area (Å²) in [5.74, 6) is 0.0826. The van der Waals surface area contributed by atoms with E-state index >= 15 is 0 Å². The molecule has 0 spiro atoms. The van der Waals surface area contributed by atoms with Crippen LogP contribution in [0.4, 0.5) is 0 Å². The van der Waals surface area contributed by atoms with Gasteiger partial charge in [0.15, 0.2) is 0 Å². The number of hydrogen-bond donors (Lipinski definition) is 1. The highest BCUT2D eigenvalue weighted by molar-refractivity contribution is 7.17. The predicted octanol–water partition coefficient (Wildman–Crippen LogP) is 5.63. The van der Waals surface area contributed by atoms with Crippen molar-refractivity contribution in [3.63, 3.8) is 0 Å². The lowest BCUT2D eigenvalue weighted by atomic mass is 10.1. The second-order valence-electron chi connectivity index (χ2n) is 6.83. The van der Waals surface area contributed by atoms with E-state index in [-0.39, 0.29) is 4.88 Å². The molecule has 0 amide bonds. The van der Waals surface area contributed by atoms with Crippen molar-refractivity contribution in [1.82, 2.24) is 4.98 Å². The fourth-order valence-corrected chi connectivity index (χ4v) is 4.07. The van der Waals surface area contributed by atoms with Gasteiger partial charge in [0.2, 0.25) is 0 Å². The molecule has 158 valence electrons. The van der Waals surface area contributed by atoms with E-state index in [1.165, 1.54) is 0 Å². The Labute approximate surface area is 188 Å². The van der Waals surface area contributed by atoms with Gasteiger partial charge in [0.25, 0.3) is 0 Å². The molecule has 0 saturated carbocycles. The summed E-state index contributed by atoms with van der Waals surface area (Å²) in [4.78, 5) is 16.5. The van der Waals surface area contributed by atoms with Crippen LogP contribution in [0.25, 0.3) is 21.8 Å². The predicted molar refractivity (Wildman–Crippen MR) is 122 cm³/mol. The molecular formula is C25H18N2O4S. The lowest BCUT2D eigenvalue weighted by Crippen LogP contribution is -1.97. The second-order valence-corrected chi connectivity index (χ2v) is 7.83. The van der Waals surface area contributed by atoms with Gasteiger partial charge < -0.3 is 14.6 Å². The van der Waals surface area contributed by atoms with E-state index in [1.54, 1.807) is 49.6 Å². The number of carbonyl (C=O) groups is 1. The average Bonchev–Trinajstić information content (AvgIpc) is 3.29. The molecule has 1 N–H and O–H groups in total. The van der Waals surface area contributed by atoms with E-state index in [0.717, 1.165) is 16.9 Å². The van der Waals surface area contributed by atoms with E-state index < -0.39 is 5.97 Å². The summed E-state index contributed by atoms with van der Waals surface area (Å²) >= 11 is 1.07. The number of nitriles is 1. The highest BCUT2D eigenvalue weighted by atomic mass is 32.1. The van der Waals surface area contributed by atoms with E-state index in [2.05, 4.69) is 11.1 Å². The summed E-state index contributed by atoms with van der Waals surface area (Å²) < 4.78 is 11.0. The van der Waals surface area contributed by atoms with Crippen LogP contribution in [0.3, 0.4) is 0 Å². The first-order chi connectivity index (χ1) is 15.6. The van der Waals surface area contributed by atoms with Crippen molar-refractivity contribution in [2.75, 3.05) is 7.11 Å². The van der Waals surface area contributed by atoms with Crippen molar-refractivity contribution in [1.29, 1.82) is 5.26 Å². The standard InChI is InChI=1S/C25H18N2O4S/c1-30-20-10-7-17(8-11-20)22-23(25(28)29)32-24(27-22)18-9-12-21(19(13-18)14-26)31-15-16-5-3-2-4-6-16/h2-13H,15H2,1H3,(H,28,29). The van der Waals surface area contributed by atoms with Crippen molar-refractivity contribution < 1.29 is 19.4 Å². The van der Waals surface area contributed by atoms with Crippen LogP contribution < -0.4 is 9.47 Å². The molecule has 7 heteroatoms. The fourth-order valence-electron chi connectivity index (χ4n) is 3.14. The third-order valence-electron chi connectivity index (χ3n) is 4.77. The van der Waals surface area contributed by atoms with Gasteiger partial charge in [-0.15, -0.1) is 11.3 Å². The average molecular weight is 442 g/mol. The van der Waals surface area contributed by atoms with Gasteiger partial charge in [0.05, 0.1) is 18.4 Å². The summed E-state index contributed by atoms with van der Waals surface area (Å²) in [6.07, 6.45) is 0. The molecule has 1 heterocycles. The molecule has 0 aliphatic heterocycles. The normalized spacial score (nSPS) is 10.4. The molecule has 1 aromatic heterocycles. The highest BCUT2D eigenvalue weighted by Gasteiger charge is 2.20. The van der Waals surface area contributed by atoms with Crippen LogP contribution in [0.15, 0.2) is 72.8 Å². The number of hydrogen-bond acceptors (Lipinski definition) is 6. The van der Waals surface area contributed by atoms with Gasteiger partial charge in [-0.1, -0.05) is 30.3 Å². The lowest BCUT2D eigenvalue weighted by molar-refractivity contribution is 0.0702. The summed E-state index contributed by atoms with van der Waals surface area (Å²) in [6, 6.07) is 24.0. The summed E-state index contributed by atoms with van der Waals surface area (Å²) in [5.41, 5.74) is 3.06. The summed E-state index contributed by atoms with van der Waals surface area (Å²) in [7, 11) is 1.57. The molecule has 3 aromatic carbocycles. The minimum Gasteiger partial charge on any atom is -0.497 e. The van der Waals surface area contributed by atoms with Crippen molar-refractivity contribution in [3.8, 4) is 39.4 Å². The molecule has 0 fully saturated rings. The Balaban J connectivity index is 1.65. The zero-order chi connectivity index (χ0) is 22.5. The molecule has 32 heavy (non-hydrogen) atoms. The van der Waals surface area contributed by atoms with Crippen molar-refractivity contribution >= 4 is 17.3 Å². The van der Waals surface area contributed by atoms with E-state index in [4.69, 9.17) is 9.47 Å². The van der Waals surface area contributed by atoms with Crippen molar-refractivity contribution in [2.45, 2.75) is 6.61 Å². The third-order valence-corrected chi connectivity index (χ3v) is 5.86.